The third-order valence-corrected chi connectivity index (χ3v) is 9.42. The third-order valence-electron chi connectivity index (χ3n) is 9.09. The number of benzene rings is 2. The lowest BCUT2D eigenvalue weighted by molar-refractivity contribution is 0.0515. The van der Waals surface area contributed by atoms with Crippen LogP contribution in [0, 0.1) is 5.41 Å². The van der Waals surface area contributed by atoms with Crippen molar-refractivity contribution in [2.75, 3.05) is 31.1 Å². The summed E-state index contributed by atoms with van der Waals surface area (Å²) in [5, 5.41) is 3.62. The number of rotatable bonds is 4. The van der Waals surface area contributed by atoms with Crippen molar-refractivity contribution in [1.29, 1.82) is 0 Å². The van der Waals surface area contributed by atoms with Crippen molar-refractivity contribution in [2.45, 2.75) is 51.0 Å². The number of nitrogens with zero attached hydrogens (tertiary/aromatic N) is 3. The molecule has 0 saturated carbocycles. The molecule has 1 aromatic heterocycles. The van der Waals surface area contributed by atoms with Gasteiger partial charge in [0, 0.05) is 49.8 Å². The molecule has 0 bridgehead atoms. The van der Waals surface area contributed by atoms with Crippen molar-refractivity contribution in [3.8, 4) is 0 Å². The summed E-state index contributed by atoms with van der Waals surface area (Å²) >= 11 is 6.26. The number of likely N-dealkylation sites (tertiary alicyclic amines) is 1. The molecule has 1 aliphatic carbocycles. The fourth-order valence-electron chi connectivity index (χ4n) is 6.62. The summed E-state index contributed by atoms with van der Waals surface area (Å²) in [6.07, 6.45) is 11.0. The predicted octanol–water partition coefficient (Wildman–Crippen LogP) is 6.07. The summed E-state index contributed by atoms with van der Waals surface area (Å²) in [6, 6.07) is 17.2. The number of fused-ring (bicyclic) bond motifs is 1. The summed E-state index contributed by atoms with van der Waals surface area (Å²) in [6.45, 7) is 3.73. The van der Waals surface area contributed by atoms with Gasteiger partial charge in [0.15, 0.2) is 0 Å². The first-order valence-electron chi connectivity index (χ1n) is 14.1. The monoisotopic (exact) mass is 542 g/mol. The number of hydrogen-bond donors (Lipinski definition) is 1. The van der Waals surface area contributed by atoms with Gasteiger partial charge in [-0.3, -0.25) is 14.6 Å². The number of nitrogens with one attached hydrogen (secondary N) is 1. The minimum atomic E-state index is -0.175. The zero-order valence-electron chi connectivity index (χ0n) is 22.2. The number of halogens is 1. The van der Waals surface area contributed by atoms with Gasteiger partial charge < -0.3 is 15.1 Å². The molecule has 1 spiro atoms. The van der Waals surface area contributed by atoms with Gasteiger partial charge in [-0.05, 0) is 97.9 Å². The molecule has 6 nitrogen and oxygen atoms in total. The molecule has 2 fully saturated rings. The van der Waals surface area contributed by atoms with Crippen molar-refractivity contribution < 1.29 is 9.59 Å². The molecule has 2 aliphatic heterocycles. The second-order valence-electron chi connectivity index (χ2n) is 11.3. The number of anilines is 1. The Morgan fingerprint density at radius 2 is 1.64 bits per heavy atom. The zero-order chi connectivity index (χ0) is 26.8. The average Bonchev–Trinajstić information content (AvgIpc) is 2.98. The Balaban J connectivity index is 1.10. The van der Waals surface area contributed by atoms with Crippen LogP contribution in [0.2, 0.25) is 5.02 Å². The topological polar surface area (TPSA) is 65.5 Å². The number of aromatic nitrogens is 1. The molecule has 6 rings (SSSR count). The molecule has 2 saturated heterocycles. The smallest absolute Gasteiger partial charge is 0.253 e. The number of piperidine rings is 2. The van der Waals surface area contributed by atoms with Gasteiger partial charge in [-0.2, -0.15) is 0 Å². The maximum Gasteiger partial charge on any atom is 0.253 e. The average molecular weight is 543 g/mol. The molecule has 1 atom stereocenters. The lowest BCUT2D eigenvalue weighted by Gasteiger charge is -2.47. The van der Waals surface area contributed by atoms with Crippen LogP contribution in [0.5, 0.6) is 0 Å². The maximum atomic E-state index is 13.6. The van der Waals surface area contributed by atoms with E-state index in [1.807, 2.05) is 41.6 Å². The minimum Gasteiger partial charge on any atom is -0.371 e. The van der Waals surface area contributed by atoms with Gasteiger partial charge in [-0.15, -0.1) is 0 Å². The van der Waals surface area contributed by atoms with Crippen LogP contribution in [-0.4, -0.2) is 47.9 Å². The number of carbonyl (C=O) groups is 2. The van der Waals surface area contributed by atoms with Crippen LogP contribution >= 0.6 is 11.6 Å². The molecule has 202 valence electrons. The first-order chi connectivity index (χ1) is 19.0. The standard InChI is InChI=1S/C32H35ClN4O2/c33-28-6-2-1-5-26(28)30(38)35-29-7-3-4-23-8-9-24(22-27(23)29)31(39)37-20-14-32(15-21-37)12-18-36(19-13-32)25-10-16-34-17-11-25/h1-2,5-6,8-11,16-17,22,29H,3-4,7,12-15,18-21H2,(H,35,38)/t29-/m1/s1. The van der Waals surface area contributed by atoms with Gasteiger partial charge >= 0.3 is 0 Å². The van der Waals surface area contributed by atoms with Gasteiger partial charge in [-0.1, -0.05) is 29.8 Å². The van der Waals surface area contributed by atoms with Gasteiger partial charge in [0.25, 0.3) is 11.8 Å². The highest BCUT2D eigenvalue weighted by Gasteiger charge is 2.39. The molecule has 7 heteroatoms. The Bertz CT molecular complexity index is 1340. The Kier molecular flexibility index (Phi) is 7.30. The number of aryl methyl sites for hydroxylation is 1. The van der Waals surface area contributed by atoms with E-state index in [9.17, 15) is 9.59 Å². The summed E-state index contributed by atoms with van der Waals surface area (Å²) in [5.41, 5.74) is 5.06. The van der Waals surface area contributed by atoms with Crippen molar-refractivity contribution in [1.82, 2.24) is 15.2 Å². The Morgan fingerprint density at radius 3 is 2.38 bits per heavy atom. The lowest BCUT2D eigenvalue weighted by atomic mass is 9.71. The largest absolute Gasteiger partial charge is 0.371 e. The third kappa shape index (κ3) is 5.40. The van der Waals surface area contributed by atoms with E-state index < -0.39 is 0 Å². The van der Waals surface area contributed by atoms with E-state index >= 15 is 0 Å². The van der Waals surface area contributed by atoms with E-state index in [2.05, 4.69) is 33.4 Å². The molecule has 2 amide bonds. The second-order valence-corrected chi connectivity index (χ2v) is 11.7. The van der Waals surface area contributed by atoms with Crippen LogP contribution in [0.1, 0.15) is 76.4 Å². The number of carbonyl (C=O) groups excluding carboxylic acids is 2. The van der Waals surface area contributed by atoms with Crippen LogP contribution < -0.4 is 10.2 Å². The van der Waals surface area contributed by atoms with E-state index in [1.54, 1.807) is 12.1 Å². The van der Waals surface area contributed by atoms with Crippen LogP contribution in [0.4, 0.5) is 5.69 Å². The normalized spacial score (nSPS) is 20.4. The van der Waals surface area contributed by atoms with Crippen LogP contribution in [0.25, 0.3) is 0 Å². The number of hydrogen-bond acceptors (Lipinski definition) is 4. The second kappa shape index (κ2) is 11.0. The summed E-state index contributed by atoms with van der Waals surface area (Å²) in [7, 11) is 0. The molecule has 1 N–H and O–H groups in total. The number of amides is 2. The Morgan fingerprint density at radius 1 is 0.923 bits per heavy atom. The lowest BCUT2D eigenvalue weighted by Crippen LogP contribution is -2.48. The SMILES string of the molecule is O=C(N[C@@H]1CCCc2ccc(C(=O)N3CCC4(CC3)CCN(c3ccncc3)CC4)cc21)c1ccccc1Cl. The summed E-state index contributed by atoms with van der Waals surface area (Å²) in [4.78, 5) is 35.2. The van der Waals surface area contributed by atoms with Crippen molar-refractivity contribution >= 4 is 29.1 Å². The quantitative estimate of drug-likeness (QED) is 0.435. The molecule has 2 aromatic carbocycles. The van der Waals surface area contributed by atoms with E-state index in [-0.39, 0.29) is 17.9 Å². The van der Waals surface area contributed by atoms with Gasteiger partial charge in [0.2, 0.25) is 0 Å². The molecule has 39 heavy (non-hydrogen) atoms. The van der Waals surface area contributed by atoms with Crippen LogP contribution in [-0.2, 0) is 6.42 Å². The van der Waals surface area contributed by atoms with E-state index in [0.29, 0.717) is 16.0 Å². The zero-order valence-corrected chi connectivity index (χ0v) is 23.0. The van der Waals surface area contributed by atoms with E-state index in [1.165, 1.54) is 24.1 Å². The highest BCUT2D eigenvalue weighted by molar-refractivity contribution is 6.33. The predicted molar refractivity (Wildman–Crippen MR) is 154 cm³/mol. The maximum absolute atomic E-state index is 13.6. The van der Waals surface area contributed by atoms with Crippen molar-refractivity contribution in [3.63, 3.8) is 0 Å². The number of pyridine rings is 1. The molecular formula is C32H35ClN4O2. The van der Waals surface area contributed by atoms with Crippen LogP contribution in [0.3, 0.4) is 0 Å². The molecular weight excluding hydrogens is 508 g/mol. The molecule has 3 aromatic rings. The highest BCUT2D eigenvalue weighted by atomic mass is 35.5. The van der Waals surface area contributed by atoms with E-state index in [4.69, 9.17) is 11.6 Å². The summed E-state index contributed by atoms with van der Waals surface area (Å²) in [5.74, 6) is -0.0740. The van der Waals surface area contributed by atoms with Gasteiger partial charge in [0.1, 0.15) is 0 Å². The Labute approximate surface area is 235 Å². The van der Waals surface area contributed by atoms with Gasteiger partial charge in [-0.25, -0.2) is 0 Å². The van der Waals surface area contributed by atoms with Crippen LogP contribution in [0.15, 0.2) is 67.0 Å². The minimum absolute atomic E-state index is 0.101. The molecule has 0 unspecified atom stereocenters. The fourth-order valence-corrected chi connectivity index (χ4v) is 6.85. The fraction of sp³-hybridized carbons (Fsp3) is 0.406. The first-order valence-corrected chi connectivity index (χ1v) is 14.5. The van der Waals surface area contributed by atoms with E-state index in [0.717, 1.165) is 69.4 Å². The van der Waals surface area contributed by atoms with Gasteiger partial charge in [0.05, 0.1) is 16.6 Å². The molecule has 3 heterocycles. The Hall–Kier alpha value is -3.38. The first kappa shape index (κ1) is 25.9. The summed E-state index contributed by atoms with van der Waals surface area (Å²) < 4.78 is 0. The molecule has 3 aliphatic rings. The van der Waals surface area contributed by atoms with Crippen molar-refractivity contribution in [2.24, 2.45) is 5.41 Å². The highest BCUT2D eigenvalue weighted by Crippen LogP contribution is 2.42. The molecule has 0 radical (unpaired) electrons. The van der Waals surface area contributed by atoms with Crippen molar-refractivity contribution in [3.05, 3.63) is 94.3 Å².